The number of rotatable bonds is 11. The number of benzene rings is 1. The fourth-order valence-corrected chi connectivity index (χ4v) is 4.43. The summed E-state index contributed by atoms with van der Waals surface area (Å²) in [4.78, 5) is 11.4. The van der Waals surface area contributed by atoms with E-state index in [1.807, 2.05) is 27.9 Å². The van der Waals surface area contributed by atoms with E-state index in [1.54, 1.807) is 6.07 Å². The van der Waals surface area contributed by atoms with Gasteiger partial charge in [-0.05, 0) is 31.9 Å². The molecule has 8 heteroatoms. The van der Waals surface area contributed by atoms with Gasteiger partial charge in [0.1, 0.15) is 11.5 Å². The number of morpholine rings is 1. The summed E-state index contributed by atoms with van der Waals surface area (Å²) in [6.07, 6.45) is 8.54. The van der Waals surface area contributed by atoms with Crippen molar-refractivity contribution < 1.29 is 9.13 Å². The van der Waals surface area contributed by atoms with Gasteiger partial charge in [-0.2, -0.15) is 10.1 Å². The Kier molecular flexibility index (Phi) is 8.32. The van der Waals surface area contributed by atoms with Gasteiger partial charge in [-0.3, -0.25) is 0 Å². The lowest BCUT2D eigenvalue weighted by Gasteiger charge is -2.29. The predicted octanol–water partition coefficient (Wildman–Crippen LogP) is 5.82. The second-order valence-corrected chi connectivity index (χ2v) is 9.11. The van der Waals surface area contributed by atoms with Crippen LogP contribution in [0.1, 0.15) is 65.3 Å². The number of hydrogen-bond donors (Lipinski definition) is 1. The maximum atomic E-state index is 15.2. The van der Waals surface area contributed by atoms with Crippen LogP contribution in [-0.2, 0) is 4.74 Å². The third-order valence-corrected chi connectivity index (χ3v) is 6.48. The monoisotopic (exact) mass is 468 g/mol. The Bertz CT molecular complexity index is 1080. The molecule has 0 spiro atoms. The van der Waals surface area contributed by atoms with Crippen molar-refractivity contribution in [3.63, 3.8) is 0 Å². The van der Waals surface area contributed by atoms with E-state index in [0.717, 1.165) is 54.5 Å². The number of nitrogens with one attached hydrogen (secondary N) is 1. The molecule has 1 aromatic carbocycles. The number of anilines is 2. The van der Waals surface area contributed by atoms with E-state index in [4.69, 9.17) is 14.8 Å². The SMILES string of the molecule is CCCCCC(C)n1nc(-c2ccc(N3CCOCC3)c(F)c2)c2cnc(NCCCC)nc21. The quantitative estimate of drug-likeness (QED) is 0.358. The topological polar surface area (TPSA) is 68.1 Å². The molecular formula is C26H37FN6O. The Hall–Kier alpha value is -2.74. The Morgan fingerprint density at radius 1 is 1.12 bits per heavy atom. The van der Waals surface area contributed by atoms with Crippen LogP contribution in [0.4, 0.5) is 16.0 Å². The zero-order valence-electron chi connectivity index (χ0n) is 20.7. The summed E-state index contributed by atoms with van der Waals surface area (Å²) in [5.41, 5.74) is 2.88. The van der Waals surface area contributed by atoms with Crippen LogP contribution in [0.25, 0.3) is 22.3 Å². The number of hydrogen-bond acceptors (Lipinski definition) is 6. The highest BCUT2D eigenvalue weighted by Gasteiger charge is 2.21. The molecule has 1 aliphatic rings. The predicted molar refractivity (Wildman–Crippen MR) is 136 cm³/mol. The lowest BCUT2D eigenvalue weighted by Crippen LogP contribution is -2.36. The van der Waals surface area contributed by atoms with Gasteiger partial charge >= 0.3 is 0 Å². The molecule has 2 aromatic heterocycles. The van der Waals surface area contributed by atoms with Crippen LogP contribution in [0.15, 0.2) is 24.4 Å². The van der Waals surface area contributed by atoms with Gasteiger partial charge in [0.05, 0.1) is 30.3 Å². The Morgan fingerprint density at radius 2 is 1.91 bits per heavy atom. The van der Waals surface area contributed by atoms with Crippen molar-refractivity contribution in [1.29, 1.82) is 0 Å². The second kappa shape index (κ2) is 11.6. The van der Waals surface area contributed by atoms with Crippen LogP contribution >= 0.6 is 0 Å². The van der Waals surface area contributed by atoms with Gasteiger partial charge in [-0.1, -0.05) is 45.6 Å². The van der Waals surface area contributed by atoms with E-state index in [9.17, 15) is 0 Å². The molecule has 3 aromatic rings. The van der Waals surface area contributed by atoms with Gasteiger partial charge in [0.15, 0.2) is 5.65 Å². The first-order valence-electron chi connectivity index (χ1n) is 12.7. The van der Waals surface area contributed by atoms with Gasteiger partial charge in [0.25, 0.3) is 0 Å². The van der Waals surface area contributed by atoms with Crippen LogP contribution in [0.5, 0.6) is 0 Å². The number of aromatic nitrogens is 4. The molecule has 34 heavy (non-hydrogen) atoms. The first kappa shape index (κ1) is 24.4. The van der Waals surface area contributed by atoms with E-state index in [2.05, 4.69) is 31.1 Å². The van der Waals surface area contributed by atoms with Gasteiger partial charge in [0, 0.05) is 31.4 Å². The van der Waals surface area contributed by atoms with Crippen molar-refractivity contribution >= 4 is 22.7 Å². The first-order chi connectivity index (χ1) is 16.6. The molecule has 0 amide bonds. The Morgan fingerprint density at radius 3 is 2.65 bits per heavy atom. The van der Waals surface area contributed by atoms with E-state index in [1.165, 1.54) is 12.8 Å². The fraction of sp³-hybridized carbons (Fsp3) is 0.577. The summed E-state index contributed by atoms with van der Waals surface area (Å²) in [6, 6.07) is 5.59. The van der Waals surface area contributed by atoms with Gasteiger partial charge in [-0.25, -0.2) is 14.1 Å². The number of nitrogens with zero attached hydrogens (tertiary/aromatic N) is 5. The Labute approximate surface area is 201 Å². The molecule has 1 aliphatic heterocycles. The second-order valence-electron chi connectivity index (χ2n) is 9.11. The van der Waals surface area contributed by atoms with Crippen molar-refractivity contribution in [2.24, 2.45) is 0 Å². The van der Waals surface area contributed by atoms with Crippen molar-refractivity contribution in [3.8, 4) is 11.3 Å². The minimum absolute atomic E-state index is 0.193. The van der Waals surface area contributed by atoms with Crippen LogP contribution < -0.4 is 10.2 Å². The summed E-state index contributed by atoms with van der Waals surface area (Å²) in [7, 11) is 0. The van der Waals surface area contributed by atoms with Gasteiger partial charge < -0.3 is 15.0 Å². The molecule has 0 saturated carbocycles. The molecule has 0 bridgehead atoms. The molecule has 184 valence electrons. The minimum Gasteiger partial charge on any atom is -0.378 e. The number of ether oxygens (including phenoxy) is 1. The third kappa shape index (κ3) is 5.49. The summed E-state index contributed by atoms with van der Waals surface area (Å²) in [6.45, 7) is 10.0. The number of fused-ring (bicyclic) bond motifs is 1. The highest BCUT2D eigenvalue weighted by Crippen LogP contribution is 2.33. The molecule has 0 aliphatic carbocycles. The zero-order chi connectivity index (χ0) is 23.9. The summed E-state index contributed by atoms with van der Waals surface area (Å²) in [5.74, 6) is 0.375. The van der Waals surface area contributed by atoms with E-state index in [0.29, 0.717) is 37.9 Å². The maximum Gasteiger partial charge on any atom is 0.224 e. The highest BCUT2D eigenvalue weighted by molar-refractivity contribution is 5.91. The smallest absolute Gasteiger partial charge is 0.224 e. The van der Waals surface area contributed by atoms with Crippen LogP contribution in [-0.4, -0.2) is 52.6 Å². The van der Waals surface area contributed by atoms with Crippen LogP contribution in [0.2, 0.25) is 0 Å². The van der Waals surface area contributed by atoms with Crippen molar-refractivity contribution in [3.05, 3.63) is 30.2 Å². The summed E-state index contributed by atoms with van der Waals surface area (Å²) < 4.78 is 22.6. The standard InChI is InChI=1S/C26H37FN6O/c1-4-6-8-9-19(3)33-25-21(18-29-26(30-25)28-12-7-5-2)24(31-33)20-10-11-23(22(27)17-20)32-13-15-34-16-14-32/h10-11,17-19H,4-9,12-16H2,1-3H3,(H,28,29,30). The summed E-state index contributed by atoms with van der Waals surface area (Å²) >= 11 is 0. The molecule has 1 fully saturated rings. The van der Waals surface area contributed by atoms with E-state index >= 15 is 4.39 Å². The molecule has 1 N–H and O–H groups in total. The third-order valence-electron chi connectivity index (χ3n) is 6.48. The van der Waals surface area contributed by atoms with Gasteiger partial charge in [-0.15, -0.1) is 0 Å². The lowest BCUT2D eigenvalue weighted by molar-refractivity contribution is 0.122. The molecule has 0 radical (unpaired) electrons. The average molecular weight is 469 g/mol. The Balaban J connectivity index is 1.69. The number of halogens is 1. The lowest BCUT2D eigenvalue weighted by atomic mass is 10.1. The molecule has 7 nitrogen and oxygen atoms in total. The van der Waals surface area contributed by atoms with E-state index in [-0.39, 0.29) is 11.9 Å². The zero-order valence-corrected chi connectivity index (χ0v) is 20.7. The number of unbranched alkanes of at least 4 members (excludes halogenated alkanes) is 3. The van der Waals surface area contributed by atoms with Crippen LogP contribution in [0.3, 0.4) is 0 Å². The maximum absolute atomic E-state index is 15.2. The van der Waals surface area contributed by atoms with E-state index < -0.39 is 0 Å². The summed E-state index contributed by atoms with van der Waals surface area (Å²) in [5, 5.41) is 9.11. The molecule has 1 atom stereocenters. The minimum atomic E-state index is -0.239. The largest absolute Gasteiger partial charge is 0.378 e. The van der Waals surface area contributed by atoms with Crippen molar-refractivity contribution in [1.82, 2.24) is 19.7 Å². The van der Waals surface area contributed by atoms with Crippen LogP contribution in [0, 0.1) is 5.82 Å². The highest BCUT2D eigenvalue weighted by atomic mass is 19.1. The molecule has 1 unspecified atom stereocenters. The molecule has 1 saturated heterocycles. The molecule has 3 heterocycles. The normalized spacial score (nSPS) is 15.1. The van der Waals surface area contributed by atoms with Crippen molar-refractivity contribution in [2.75, 3.05) is 43.1 Å². The average Bonchev–Trinajstić information content (AvgIpc) is 3.24. The van der Waals surface area contributed by atoms with Gasteiger partial charge in [0.2, 0.25) is 5.95 Å². The fourth-order valence-electron chi connectivity index (χ4n) is 4.43. The molecule has 4 rings (SSSR count). The first-order valence-corrected chi connectivity index (χ1v) is 12.7. The molecular weight excluding hydrogens is 431 g/mol. The van der Waals surface area contributed by atoms with Crippen molar-refractivity contribution in [2.45, 2.75) is 65.3 Å².